The van der Waals surface area contributed by atoms with Gasteiger partial charge in [-0.15, -0.1) is 0 Å². The normalized spacial score (nSPS) is 10.6. The van der Waals surface area contributed by atoms with Gasteiger partial charge >= 0.3 is 17.8 Å². The molecule has 200 valence electrons. The van der Waals surface area contributed by atoms with E-state index in [-0.39, 0.29) is 11.3 Å². The molecule has 10 heteroatoms. The molecule has 0 aromatic heterocycles. The van der Waals surface area contributed by atoms with Crippen LogP contribution < -0.4 is 20.8 Å². The van der Waals surface area contributed by atoms with Gasteiger partial charge < -0.3 is 15.4 Å². The third-order valence-electron chi connectivity index (χ3n) is 5.49. The van der Waals surface area contributed by atoms with E-state index in [1.165, 1.54) is 18.3 Å². The maximum Gasteiger partial charge on any atom is 0.343 e. The third kappa shape index (κ3) is 7.71. The summed E-state index contributed by atoms with van der Waals surface area (Å²) >= 11 is 3.31. The number of para-hydroxylation sites is 1. The summed E-state index contributed by atoms with van der Waals surface area (Å²) in [5.41, 5.74) is 5.15. The van der Waals surface area contributed by atoms with Gasteiger partial charge in [-0.2, -0.15) is 5.10 Å². The summed E-state index contributed by atoms with van der Waals surface area (Å²) in [6.45, 7) is 1.94. The molecule has 0 saturated carbocycles. The van der Waals surface area contributed by atoms with Crippen molar-refractivity contribution in [1.29, 1.82) is 0 Å². The number of hydrogen-bond donors (Lipinski definition) is 3. The number of hydrogen-bond acceptors (Lipinski definition) is 6. The second kappa shape index (κ2) is 13.1. The number of rotatable bonds is 7. The highest BCUT2D eigenvalue weighted by atomic mass is 79.9. The molecule has 0 fully saturated rings. The Morgan fingerprint density at radius 1 is 0.775 bits per heavy atom. The number of carbonyl (C=O) groups excluding carboxylic acids is 4. The highest BCUT2D eigenvalue weighted by molar-refractivity contribution is 9.10. The number of anilines is 2. The molecule has 4 aromatic carbocycles. The average Bonchev–Trinajstić information content (AvgIpc) is 2.95. The van der Waals surface area contributed by atoms with E-state index in [4.69, 9.17) is 4.74 Å². The number of benzene rings is 4. The Kier molecular flexibility index (Phi) is 9.16. The van der Waals surface area contributed by atoms with Gasteiger partial charge in [-0.3, -0.25) is 14.4 Å². The second-order valence-electron chi connectivity index (χ2n) is 8.48. The van der Waals surface area contributed by atoms with E-state index < -0.39 is 23.7 Å². The van der Waals surface area contributed by atoms with E-state index >= 15 is 0 Å². The van der Waals surface area contributed by atoms with Crippen molar-refractivity contribution < 1.29 is 23.9 Å². The lowest BCUT2D eigenvalue weighted by molar-refractivity contribution is -0.136. The highest BCUT2D eigenvalue weighted by Gasteiger charge is 2.18. The van der Waals surface area contributed by atoms with Gasteiger partial charge in [-0.1, -0.05) is 45.8 Å². The van der Waals surface area contributed by atoms with E-state index in [1.54, 1.807) is 72.8 Å². The van der Waals surface area contributed by atoms with Crippen LogP contribution in [-0.2, 0) is 9.59 Å². The van der Waals surface area contributed by atoms with Crippen molar-refractivity contribution in [3.05, 3.63) is 124 Å². The van der Waals surface area contributed by atoms with Crippen LogP contribution in [0.5, 0.6) is 5.75 Å². The van der Waals surface area contributed by atoms with Gasteiger partial charge in [0.1, 0.15) is 5.75 Å². The molecule has 0 bridgehead atoms. The lowest BCUT2D eigenvalue weighted by atomic mass is 10.1. The van der Waals surface area contributed by atoms with Crippen molar-refractivity contribution in [3.63, 3.8) is 0 Å². The molecule has 4 aromatic rings. The number of nitrogens with one attached hydrogen (secondary N) is 3. The summed E-state index contributed by atoms with van der Waals surface area (Å²) in [5.74, 6) is -2.63. The molecule has 9 nitrogen and oxygen atoms in total. The smallest absolute Gasteiger partial charge is 0.343 e. The van der Waals surface area contributed by atoms with Crippen LogP contribution in [0.3, 0.4) is 0 Å². The minimum Gasteiger partial charge on any atom is -0.423 e. The molecule has 0 spiro atoms. The summed E-state index contributed by atoms with van der Waals surface area (Å²) in [6.07, 6.45) is 1.33. The van der Waals surface area contributed by atoms with Gasteiger partial charge in [-0.25, -0.2) is 10.2 Å². The van der Waals surface area contributed by atoms with Crippen LogP contribution >= 0.6 is 15.9 Å². The number of nitrogens with zero attached hydrogens (tertiary/aromatic N) is 1. The fourth-order valence-corrected chi connectivity index (χ4v) is 3.66. The predicted molar refractivity (Wildman–Crippen MR) is 155 cm³/mol. The average molecular weight is 599 g/mol. The number of aryl methyl sites for hydroxylation is 1. The lowest BCUT2D eigenvalue weighted by Crippen LogP contribution is -2.33. The van der Waals surface area contributed by atoms with Crippen LogP contribution in [0.1, 0.15) is 31.8 Å². The number of amides is 3. The van der Waals surface area contributed by atoms with Crippen molar-refractivity contribution in [1.82, 2.24) is 5.43 Å². The summed E-state index contributed by atoms with van der Waals surface area (Å²) in [6, 6.07) is 26.8. The summed E-state index contributed by atoms with van der Waals surface area (Å²) in [5, 5.41) is 9.00. The molecule has 40 heavy (non-hydrogen) atoms. The van der Waals surface area contributed by atoms with Gasteiger partial charge in [0, 0.05) is 10.2 Å². The summed E-state index contributed by atoms with van der Waals surface area (Å²) in [4.78, 5) is 49.7. The first-order chi connectivity index (χ1) is 19.3. The Hall–Kier alpha value is -5.09. The van der Waals surface area contributed by atoms with Crippen LogP contribution in [-0.4, -0.2) is 29.9 Å². The standard InChI is InChI=1S/C30H23BrN4O5/c1-19-6-14-23(15-7-19)33-27(36)25-4-2-3-5-26(25)34-28(37)29(38)35-32-18-20-8-16-24(17-9-20)40-30(39)21-10-12-22(31)13-11-21/h2-18H,1H3,(H,33,36)(H,34,37)(H,35,38)/b32-18-. The monoisotopic (exact) mass is 598 g/mol. The quantitative estimate of drug-likeness (QED) is 0.0872. The summed E-state index contributed by atoms with van der Waals surface area (Å²) in [7, 11) is 0. The van der Waals surface area contributed by atoms with Crippen molar-refractivity contribution in [2.45, 2.75) is 6.92 Å². The van der Waals surface area contributed by atoms with E-state index in [0.29, 0.717) is 22.6 Å². The van der Waals surface area contributed by atoms with Gasteiger partial charge in [0.15, 0.2) is 0 Å². The molecule has 0 aliphatic carbocycles. The number of esters is 1. The topological polar surface area (TPSA) is 126 Å². The minimum atomic E-state index is -1.02. The summed E-state index contributed by atoms with van der Waals surface area (Å²) < 4.78 is 6.19. The number of halogens is 1. The van der Waals surface area contributed by atoms with Crippen LogP contribution in [0.4, 0.5) is 11.4 Å². The van der Waals surface area contributed by atoms with Crippen molar-refractivity contribution >= 4 is 57.2 Å². The van der Waals surface area contributed by atoms with E-state index in [9.17, 15) is 19.2 Å². The molecule has 0 aliphatic rings. The van der Waals surface area contributed by atoms with Crippen molar-refractivity contribution in [3.8, 4) is 5.75 Å². The fraction of sp³-hybridized carbons (Fsp3) is 0.0333. The van der Waals surface area contributed by atoms with Gasteiger partial charge in [0.2, 0.25) is 0 Å². The molecule has 0 heterocycles. The molecule has 0 unspecified atom stereocenters. The van der Waals surface area contributed by atoms with Crippen LogP contribution in [0.15, 0.2) is 107 Å². The third-order valence-corrected chi connectivity index (χ3v) is 6.01. The number of ether oxygens (including phenoxy) is 1. The Balaban J connectivity index is 1.30. The molecular weight excluding hydrogens is 576 g/mol. The van der Waals surface area contributed by atoms with Gasteiger partial charge in [0.05, 0.1) is 23.0 Å². The maximum absolute atomic E-state index is 12.8. The Morgan fingerprint density at radius 3 is 2.15 bits per heavy atom. The molecule has 0 atom stereocenters. The molecule has 4 rings (SSSR count). The Labute approximate surface area is 238 Å². The zero-order chi connectivity index (χ0) is 28.5. The maximum atomic E-state index is 12.8. The van der Waals surface area contributed by atoms with Gasteiger partial charge in [-0.05, 0) is 85.3 Å². The van der Waals surface area contributed by atoms with Crippen LogP contribution in [0.25, 0.3) is 0 Å². The van der Waals surface area contributed by atoms with Crippen LogP contribution in [0, 0.1) is 6.92 Å². The van der Waals surface area contributed by atoms with E-state index in [0.717, 1.165) is 10.0 Å². The molecular formula is C30H23BrN4O5. The second-order valence-corrected chi connectivity index (χ2v) is 9.40. The van der Waals surface area contributed by atoms with Crippen molar-refractivity contribution in [2.75, 3.05) is 10.6 Å². The molecule has 0 radical (unpaired) electrons. The molecule has 3 amide bonds. The predicted octanol–water partition coefficient (Wildman–Crippen LogP) is 5.32. The first kappa shape index (κ1) is 27.9. The SMILES string of the molecule is Cc1ccc(NC(=O)c2ccccc2NC(=O)C(=O)N/N=C\c2ccc(OC(=O)c3ccc(Br)cc3)cc2)cc1. The lowest BCUT2D eigenvalue weighted by Gasteiger charge is -2.11. The van der Waals surface area contributed by atoms with Crippen LogP contribution in [0.2, 0.25) is 0 Å². The largest absolute Gasteiger partial charge is 0.423 e. The first-order valence-electron chi connectivity index (χ1n) is 12.0. The Bertz CT molecular complexity index is 1570. The zero-order valence-electron chi connectivity index (χ0n) is 21.2. The number of carbonyl (C=O) groups is 4. The van der Waals surface area contributed by atoms with Gasteiger partial charge in [0.25, 0.3) is 5.91 Å². The highest BCUT2D eigenvalue weighted by Crippen LogP contribution is 2.18. The van der Waals surface area contributed by atoms with Crippen molar-refractivity contribution in [2.24, 2.45) is 5.10 Å². The van der Waals surface area contributed by atoms with E-state index in [1.807, 2.05) is 19.1 Å². The zero-order valence-corrected chi connectivity index (χ0v) is 22.8. The minimum absolute atomic E-state index is 0.171. The molecule has 3 N–H and O–H groups in total. The Morgan fingerprint density at radius 2 is 1.45 bits per heavy atom. The number of hydrazone groups is 1. The van der Waals surface area contributed by atoms with E-state index in [2.05, 4.69) is 37.1 Å². The molecule has 0 saturated heterocycles. The molecule has 0 aliphatic heterocycles. The fourth-order valence-electron chi connectivity index (χ4n) is 3.39. The first-order valence-corrected chi connectivity index (χ1v) is 12.8.